The third kappa shape index (κ3) is 3.71. The van der Waals surface area contributed by atoms with Crippen molar-refractivity contribution in [2.24, 2.45) is 11.3 Å². The van der Waals surface area contributed by atoms with Gasteiger partial charge in [0, 0.05) is 18.5 Å². The van der Waals surface area contributed by atoms with Crippen molar-refractivity contribution >= 4 is 5.91 Å². The van der Waals surface area contributed by atoms with Crippen LogP contribution in [0.4, 0.5) is 0 Å². The van der Waals surface area contributed by atoms with Crippen molar-refractivity contribution in [3.63, 3.8) is 0 Å². The maximum absolute atomic E-state index is 12.5. The maximum Gasteiger partial charge on any atom is 0.223 e. The van der Waals surface area contributed by atoms with E-state index in [1.807, 2.05) is 0 Å². The number of carbonyl (C=O) groups excluding carboxylic acids is 1. The number of hydrogen-bond acceptors (Lipinski definition) is 2. The molecule has 3 unspecified atom stereocenters. The van der Waals surface area contributed by atoms with Gasteiger partial charge in [0.2, 0.25) is 5.91 Å². The standard InChI is InChI=1S/C16H29NO2/c1-11(10-16(2,3)4)7-15(19)17-12-5-6-13(17)9-14(18)8-12/h11-14,18H,5-10H2,1-4H3. The lowest BCUT2D eigenvalue weighted by molar-refractivity contribution is -0.138. The zero-order valence-corrected chi connectivity index (χ0v) is 12.9. The first kappa shape index (κ1) is 14.8. The number of amides is 1. The minimum atomic E-state index is -0.187. The summed E-state index contributed by atoms with van der Waals surface area (Å²) in [6, 6.07) is 0.617. The van der Waals surface area contributed by atoms with Crippen LogP contribution < -0.4 is 0 Å². The molecule has 0 aliphatic carbocycles. The van der Waals surface area contributed by atoms with Crippen LogP contribution in [-0.2, 0) is 4.79 Å². The maximum atomic E-state index is 12.5. The lowest BCUT2D eigenvalue weighted by Crippen LogP contribution is -2.48. The molecule has 2 aliphatic heterocycles. The zero-order chi connectivity index (χ0) is 14.2. The highest BCUT2D eigenvalue weighted by atomic mass is 16.3. The monoisotopic (exact) mass is 267 g/mol. The molecule has 1 N–H and O–H groups in total. The number of hydrogen-bond donors (Lipinski definition) is 1. The molecule has 2 saturated heterocycles. The summed E-state index contributed by atoms with van der Waals surface area (Å²) < 4.78 is 0. The van der Waals surface area contributed by atoms with Crippen molar-refractivity contribution in [1.29, 1.82) is 0 Å². The van der Waals surface area contributed by atoms with Gasteiger partial charge < -0.3 is 10.0 Å². The SMILES string of the molecule is CC(CC(=O)N1C2CCC1CC(O)C2)CC(C)(C)C. The predicted octanol–water partition coefficient (Wildman–Crippen LogP) is 2.96. The van der Waals surface area contributed by atoms with Crippen LogP contribution in [0.25, 0.3) is 0 Å². The first-order valence-electron chi connectivity index (χ1n) is 7.75. The average molecular weight is 267 g/mol. The van der Waals surface area contributed by atoms with Crippen molar-refractivity contribution in [3.05, 3.63) is 0 Å². The van der Waals surface area contributed by atoms with Gasteiger partial charge in [-0.2, -0.15) is 0 Å². The number of rotatable bonds is 3. The van der Waals surface area contributed by atoms with Gasteiger partial charge in [-0.05, 0) is 43.4 Å². The van der Waals surface area contributed by atoms with E-state index in [1.165, 1.54) is 0 Å². The van der Waals surface area contributed by atoms with E-state index in [1.54, 1.807) is 0 Å². The molecule has 1 amide bonds. The Balaban J connectivity index is 1.90. The molecular weight excluding hydrogens is 238 g/mol. The fourth-order valence-corrected chi connectivity index (χ4v) is 4.08. The summed E-state index contributed by atoms with van der Waals surface area (Å²) in [5.74, 6) is 0.759. The van der Waals surface area contributed by atoms with Crippen LogP contribution in [0, 0.1) is 11.3 Å². The van der Waals surface area contributed by atoms with Gasteiger partial charge in [0.15, 0.2) is 0 Å². The van der Waals surface area contributed by atoms with E-state index in [0.717, 1.165) is 32.1 Å². The van der Waals surface area contributed by atoms with Crippen LogP contribution in [0.15, 0.2) is 0 Å². The minimum absolute atomic E-state index is 0.187. The molecule has 2 rings (SSSR count). The average Bonchev–Trinajstić information content (AvgIpc) is 2.48. The predicted molar refractivity (Wildman–Crippen MR) is 76.7 cm³/mol. The molecule has 19 heavy (non-hydrogen) atoms. The highest BCUT2D eigenvalue weighted by Gasteiger charge is 2.42. The van der Waals surface area contributed by atoms with Crippen LogP contribution >= 0.6 is 0 Å². The summed E-state index contributed by atoms with van der Waals surface area (Å²) in [5.41, 5.74) is 0.288. The number of fused-ring (bicyclic) bond motifs is 2. The van der Waals surface area contributed by atoms with Crippen LogP contribution in [0.5, 0.6) is 0 Å². The van der Waals surface area contributed by atoms with Crippen molar-refractivity contribution in [2.75, 3.05) is 0 Å². The Bertz CT molecular complexity index is 320. The fraction of sp³-hybridized carbons (Fsp3) is 0.938. The summed E-state index contributed by atoms with van der Waals surface area (Å²) in [7, 11) is 0. The Morgan fingerprint density at radius 1 is 1.26 bits per heavy atom. The van der Waals surface area contributed by atoms with Crippen molar-refractivity contribution in [2.45, 2.75) is 84.4 Å². The molecule has 0 aromatic carbocycles. The highest BCUT2D eigenvalue weighted by molar-refractivity contribution is 5.77. The Morgan fingerprint density at radius 3 is 2.26 bits per heavy atom. The Labute approximate surface area is 117 Å². The van der Waals surface area contributed by atoms with Crippen LogP contribution in [0.1, 0.15) is 66.2 Å². The molecule has 2 fully saturated rings. The molecule has 110 valence electrons. The Morgan fingerprint density at radius 2 is 1.79 bits per heavy atom. The molecule has 2 heterocycles. The third-order valence-corrected chi connectivity index (χ3v) is 4.48. The first-order valence-corrected chi connectivity index (χ1v) is 7.75. The molecule has 0 radical (unpaired) electrons. The normalized spacial score (nSPS) is 32.5. The van der Waals surface area contributed by atoms with Crippen LogP contribution in [0.2, 0.25) is 0 Å². The van der Waals surface area contributed by atoms with E-state index < -0.39 is 0 Å². The molecule has 0 saturated carbocycles. The molecule has 2 aliphatic rings. The van der Waals surface area contributed by atoms with Crippen molar-refractivity contribution < 1.29 is 9.90 Å². The third-order valence-electron chi connectivity index (χ3n) is 4.48. The number of piperidine rings is 1. The quantitative estimate of drug-likeness (QED) is 0.854. The first-order chi connectivity index (χ1) is 8.76. The summed E-state index contributed by atoms with van der Waals surface area (Å²) in [6.45, 7) is 8.88. The molecule has 0 aromatic heterocycles. The van der Waals surface area contributed by atoms with Gasteiger partial charge in [0.1, 0.15) is 0 Å². The van der Waals surface area contributed by atoms with Crippen LogP contribution in [0.3, 0.4) is 0 Å². The number of aliphatic hydroxyl groups excluding tert-OH is 1. The number of carbonyl (C=O) groups is 1. The van der Waals surface area contributed by atoms with Crippen molar-refractivity contribution in [1.82, 2.24) is 4.90 Å². The second-order valence-electron chi connectivity index (χ2n) is 7.89. The summed E-state index contributed by atoms with van der Waals surface area (Å²) >= 11 is 0. The lowest BCUT2D eigenvalue weighted by Gasteiger charge is -2.38. The molecule has 0 spiro atoms. The molecular formula is C16H29NO2. The molecule has 2 bridgehead atoms. The molecule has 3 heteroatoms. The van der Waals surface area contributed by atoms with Gasteiger partial charge in [-0.3, -0.25) is 4.79 Å². The van der Waals surface area contributed by atoms with Gasteiger partial charge in [-0.25, -0.2) is 0 Å². The number of nitrogens with zero attached hydrogens (tertiary/aromatic N) is 1. The largest absolute Gasteiger partial charge is 0.393 e. The molecule has 0 aromatic rings. The lowest BCUT2D eigenvalue weighted by atomic mass is 9.84. The van der Waals surface area contributed by atoms with Crippen LogP contribution in [-0.4, -0.2) is 34.1 Å². The molecule has 3 atom stereocenters. The van der Waals surface area contributed by atoms with E-state index in [0.29, 0.717) is 30.3 Å². The number of aliphatic hydroxyl groups is 1. The summed E-state index contributed by atoms with van der Waals surface area (Å²) in [4.78, 5) is 14.6. The molecule has 3 nitrogen and oxygen atoms in total. The van der Waals surface area contributed by atoms with E-state index >= 15 is 0 Å². The van der Waals surface area contributed by atoms with Gasteiger partial charge in [0.05, 0.1) is 6.10 Å². The fourth-order valence-electron chi connectivity index (χ4n) is 4.08. The van der Waals surface area contributed by atoms with E-state index in [9.17, 15) is 9.90 Å². The van der Waals surface area contributed by atoms with Gasteiger partial charge in [0.25, 0.3) is 0 Å². The summed E-state index contributed by atoms with van der Waals surface area (Å²) in [5, 5.41) is 9.79. The van der Waals surface area contributed by atoms with Gasteiger partial charge >= 0.3 is 0 Å². The van der Waals surface area contributed by atoms with Crippen molar-refractivity contribution in [3.8, 4) is 0 Å². The van der Waals surface area contributed by atoms with Gasteiger partial charge in [-0.1, -0.05) is 27.7 Å². The second kappa shape index (κ2) is 5.43. The van der Waals surface area contributed by atoms with E-state index in [4.69, 9.17) is 0 Å². The minimum Gasteiger partial charge on any atom is -0.393 e. The zero-order valence-electron chi connectivity index (χ0n) is 12.9. The smallest absolute Gasteiger partial charge is 0.223 e. The van der Waals surface area contributed by atoms with E-state index in [2.05, 4.69) is 32.6 Å². The van der Waals surface area contributed by atoms with E-state index in [-0.39, 0.29) is 11.5 Å². The summed E-state index contributed by atoms with van der Waals surface area (Å²) in [6.07, 6.45) is 5.31. The topological polar surface area (TPSA) is 40.5 Å². The van der Waals surface area contributed by atoms with Gasteiger partial charge in [-0.15, -0.1) is 0 Å². The Hall–Kier alpha value is -0.570. The highest BCUT2D eigenvalue weighted by Crippen LogP contribution is 2.37. The second-order valence-corrected chi connectivity index (χ2v) is 7.89. The Kier molecular flexibility index (Phi) is 4.24.